The molecular weight excluding hydrogens is 341 g/mol. The Morgan fingerprint density at radius 2 is 1.10 bits per heavy atom. The zero-order chi connectivity index (χ0) is 15.0. The van der Waals surface area contributed by atoms with Gasteiger partial charge < -0.3 is 0 Å². The van der Waals surface area contributed by atoms with Gasteiger partial charge >= 0.3 is 125 Å². The fourth-order valence-electron chi connectivity index (χ4n) is 2.03. The molecule has 3 rings (SSSR count). The van der Waals surface area contributed by atoms with Gasteiger partial charge in [-0.2, -0.15) is 0 Å². The van der Waals surface area contributed by atoms with Gasteiger partial charge in [-0.3, -0.25) is 0 Å². The van der Waals surface area contributed by atoms with Crippen LogP contribution in [0.1, 0.15) is 0 Å². The van der Waals surface area contributed by atoms with Crippen molar-refractivity contribution in [2.45, 2.75) is 0 Å². The van der Waals surface area contributed by atoms with E-state index in [1.54, 1.807) is 12.1 Å². The van der Waals surface area contributed by atoms with E-state index in [0.717, 1.165) is 0 Å². The molecule has 3 aromatic rings. The summed E-state index contributed by atoms with van der Waals surface area (Å²) in [6.45, 7) is 0. The molecule has 106 valence electrons. The van der Waals surface area contributed by atoms with E-state index < -0.39 is 11.6 Å². The Balaban J connectivity index is 2.08. The van der Waals surface area contributed by atoms with Gasteiger partial charge in [0.15, 0.2) is 0 Å². The van der Waals surface area contributed by atoms with Crippen molar-refractivity contribution in [1.29, 1.82) is 0 Å². The van der Waals surface area contributed by atoms with Crippen LogP contribution in [0.15, 0.2) is 48.5 Å². The topological polar surface area (TPSA) is 40.5 Å². The van der Waals surface area contributed by atoms with Gasteiger partial charge in [-0.05, 0) is 0 Å². The summed E-state index contributed by atoms with van der Waals surface area (Å²) in [5.74, 6) is -0.876. The van der Waals surface area contributed by atoms with Crippen molar-refractivity contribution >= 4 is 14.5 Å². The van der Waals surface area contributed by atoms with Crippen LogP contribution in [0.4, 0.5) is 8.78 Å². The number of phenolic OH excluding ortho intramolecular Hbond substituents is 2. The molecule has 2 nitrogen and oxygen atoms in total. The third-order valence-corrected chi connectivity index (χ3v) is 5.45. The first kappa shape index (κ1) is 13.9. The second-order valence-corrected chi connectivity index (χ2v) is 6.77. The quantitative estimate of drug-likeness (QED) is 0.690. The second kappa shape index (κ2) is 5.35. The maximum absolute atomic E-state index is 13.8. The van der Waals surface area contributed by atoms with Crippen molar-refractivity contribution in [3.8, 4) is 31.5 Å². The summed E-state index contributed by atoms with van der Waals surface area (Å²) in [5.41, 5.74) is 0.642. The Labute approximate surface area is 125 Å². The average Bonchev–Trinajstić information content (AvgIpc) is 2.93. The molecule has 0 aliphatic rings. The Bertz CT molecular complexity index is 746. The molecule has 0 saturated carbocycles. The van der Waals surface area contributed by atoms with Crippen LogP contribution < -0.4 is 0 Å². The first-order chi connectivity index (χ1) is 10.0. The molecule has 0 fully saturated rings. The average molecular weight is 351 g/mol. The van der Waals surface area contributed by atoms with Crippen molar-refractivity contribution in [2.75, 3.05) is 0 Å². The molecule has 1 aromatic heterocycles. The number of phenols is 2. The summed E-state index contributed by atoms with van der Waals surface area (Å²) in [4.78, 5) is 0. The van der Waals surface area contributed by atoms with Gasteiger partial charge in [0.1, 0.15) is 0 Å². The standard InChI is InChI=1S/C16H10F2O2Se/c17-13-3-1-9(19)7-11(13)15-5-6-16(21-15)12-8-10(20)2-4-14(12)18/h1-8,19-20H. The van der Waals surface area contributed by atoms with Crippen LogP contribution in [-0.4, -0.2) is 24.7 Å². The number of halogens is 2. The Morgan fingerprint density at radius 1 is 0.667 bits per heavy atom. The number of benzene rings is 2. The molecule has 21 heavy (non-hydrogen) atoms. The summed E-state index contributed by atoms with van der Waals surface area (Å²) in [7, 11) is 0. The Morgan fingerprint density at radius 3 is 1.52 bits per heavy atom. The predicted molar refractivity (Wildman–Crippen MR) is 77.5 cm³/mol. The van der Waals surface area contributed by atoms with Crippen molar-refractivity contribution < 1.29 is 19.0 Å². The van der Waals surface area contributed by atoms with Crippen molar-refractivity contribution in [3.05, 3.63) is 60.2 Å². The van der Waals surface area contributed by atoms with Crippen molar-refractivity contribution in [2.24, 2.45) is 0 Å². The minimum atomic E-state index is -0.424. The van der Waals surface area contributed by atoms with E-state index in [1.807, 2.05) is 0 Å². The number of hydrogen-bond acceptors (Lipinski definition) is 2. The SMILES string of the molecule is Oc1ccc(F)c(-c2ccc(-c3cc(O)ccc3F)[se]2)c1. The first-order valence-corrected chi connectivity index (χ1v) is 7.83. The molecule has 0 aliphatic carbocycles. The van der Waals surface area contributed by atoms with Gasteiger partial charge in [0.25, 0.3) is 0 Å². The van der Waals surface area contributed by atoms with E-state index in [2.05, 4.69) is 0 Å². The molecule has 0 saturated heterocycles. The molecule has 1 heterocycles. The number of rotatable bonds is 2. The van der Waals surface area contributed by atoms with Gasteiger partial charge in [0.2, 0.25) is 0 Å². The first-order valence-electron chi connectivity index (χ1n) is 6.12. The summed E-state index contributed by atoms with van der Waals surface area (Å²) < 4.78 is 29.1. The molecule has 0 unspecified atom stereocenters. The molecule has 0 radical (unpaired) electrons. The normalized spacial score (nSPS) is 10.8. The zero-order valence-corrected chi connectivity index (χ0v) is 12.4. The third kappa shape index (κ3) is 2.71. The second-order valence-electron chi connectivity index (χ2n) is 4.49. The van der Waals surface area contributed by atoms with Gasteiger partial charge in [-0.1, -0.05) is 0 Å². The zero-order valence-electron chi connectivity index (χ0n) is 10.7. The molecule has 0 spiro atoms. The monoisotopic (exact) mass is 352 g/mol. The van der Waals surface area contributed by atoms with E-state index in [4.69, 9.17) is 0 Å². The molecular formula is C16H10F2O2Se. The Kier molecular flexibility index (Phi) is 3.53. The van der Waals surface area contributed by atoms with Gasteiger partial charge in [-0.25, -0.2) is 0 Å². The van der Waals surface area contributed by atoms with Crippen LogP contribution in [0.3, 0.4) is 0 Å². The van der Waals surface area contributed by atoms with Gasteiger partial charge in [0, 0.05) is 0 Å². The number of aromatic hydroxyl groups is 2. The summed E-state index contributed by atoms with van der Waals surface area (Å²) >= 11 is -0.302. The van der Waals surface area contributed by atoms with Crippen molar-refractivity contribution in [1.82, 2.24) is 0 Å². The summed E-state index contributed by atoms with van der Waals surface area (Å²) in [6, 6.07) is 11.1. The van der Waals surface area contributed by atoms with Crippen LogP contribution in [0.25, 0.3) is 20.0 Å². The van der Waals surface area contributed by atoms with E-state index in [1.165, 1.54) is 36.4 Å². The number of hydrogen-bond donors (Lipinski definition) is 2. The fourth-order valence-corrected chi connectivity index (χ4v) is 4.22. The Hall–Kier alpha value is -2.10. The van der Waals surface area contributed by atoms with Crippen LogP contribution in [-0.2, 0) is 0 Å². The molecule has 2 aromatic carbocycles. The molecule has 0 aliphatic heterocycles. The summed E-state index contributed by atoms with van der Waals surface area (Å²) in [5, 5.41) is 18.9. The third-order valence-electron chi connectivity index (χ3n) is 3.04. The van der Waals surface area contributed by atoms with E-state index >= 15 is 0 Å². The molecule has 5 heteroatoms. The molecule has 0 bridgehead atoms. The van der Waals surface area contributed by atoms with Gasteiger partial charge in [0.05, 0.1) is 0 Å². The van der Waals surface area contributed by atoms with Crippen LogP contribution in [0.2, 0.25) is 0 Å². The fraction of sp³-hybridized carbons (Fsp3) is 0. The van der Waals surface area contributed by atoms with Crippen LogP contribution in [0.5, 0.6) is 11.5 Å². The minimum absolute atomic E-state index is 0.0138. The predicted octanol–water partition coefficient (Wildman–Crippen LogP) is 3.77. The van der Waals surface area contributed by atoms with E-state index in [9.17, 15) is 19.0 Å². The van der Waals surface area contributed by atoms with E-state index in [0.29, 0.717) is 20.0 Å². The summed E-state index contributed by atoms with van der Waals surface area (Å²) in [6.07, 6.45) is 0. The van der Waals surface area contributed by atoms with E-state index in [-0.39, 0.29) is 26.0 Å². The molecule has 2 N–H and O–H groups in total. The van der Waals surface area contributed by atoms with Crippen LogP contribution in [0, 0.1) is 11.6 Å². The molecule has 0 amide bonds. The van der Waals surface area contributed by atoms with Crippen LogP contribution >= 0.6 is 0 Å². The molecule has 0 atom stereocenters. The van der Waals surface area contributed by atoms with Crippen molar-refractivity contribution in [3.63, 3.8) is 0 Å². The maximum atomic E-state index is 13.8. The van der Waals surface area contributed by atoms with Gasteiger partial charge in [-0.15, -0.1) is 0 Å².